The van der Waals surface area contributed by atoms with Crippen LogP contribution in [0.4, 0.5) is 5.69 Å². The van der Waals surface area contributed by atoms with E-state index >= 15 is 0 Å². The van der Waals surface area contributed by atoms with Crippen molar-refractivity contribution in [2.75, 3.05) is 24.5 Å². The molecular formula is C14H14IN3O4. The lowest BCUT2D eigenvalue weighted by Gasteiger charge is -2.40. The molecule has 8 heteroatoms. The van der Waals surface area contributed by atoms with Gasteiger partial charge >= 0.3 is 17.8 Å². The van der Waals surface area contributed by atoms with Crippen molar-refractivity contribution in [1.29, 1.82) is 0 Å². The van der Waals surface area contributed by atoms with Gasteiger partial charge in [0.05, 0.1) is 18.4 Å². The maximum atomic E-state index is 11.8. The van der Waals surface area contributed by atoms with Crippen LogP contribution in [0.15, 0.2) is 30.6 Å². The molecule has 0 radical (unpaired) electrons. The van der Waals surface area contributed by atoms with Crippen LogP contribution in [0.1, 0.15) is 6.42 Å². The Kier molecular flexibility index (Phi) is 4.30. The first-order valence-electron chi connectivity index (χ1n) is 6.82. The van der Waals surface area contributed by atoms with Crippen molar-refractivity contribution in [1.82, 2.24) is 10.3 Å². The Morgan fingerprint density at radius 3 is 2.64 bits per heavy atom. The molecule has 1 aromatic rings. The molecule has 1 fully saturated rings. The van der Waals surface area contributed by atoms with E-state index in [9.17, 15) is 9.59 Å². The van der Waals surface area contributed by atoms with Gasteiger partial charge in [-0.1, -0.05) is 0 Å². The van der Waals surface area contributed by atoms with Gasteiger partial charge < -0.3 is 14.8 Å². The molecule has 2 aliphatic heterocycles. The van der Waals surface area contributed by atoms with Crippen molar-refractivity contribution in [3.05, 3.63) is 34.2 Å². The van der Waals surface area contributed by atoms with E-state index in [0.717, 1.165) is 34.4 Å². The van der Waals surface area contributed by atoms with E-state index in [1.54, 1.807) is 17.3 Å². The van der Waals surface area contributed by atoms with Gasteiger partial charge in [-0.25, -0.2) is 9.59 Å². The molecule has 1 aromatic heterocycles. The van der Waals surface area contributed by atoms with Crippen LogP contribution in [0, 0.1) is 3.57 Å². The Morgan fingerprint density at radius 1 is 1.23 bits per heavy atom. The highest BCUT2D eigenvalue weighted by Crippen LogP contribution is 2.30. The Labute approximate surface area is 140 Å². The molecule has 22 heavy (non-hydrogen) atoms. The summed E-state index contributed by atoms with van der Waals surface area (Å²) in [5.41, 5.74) is 0.734. The van der Waals surface area contributed by atoms with Crippen molar-refractivity contribution >= 4 is 40.2 Å². The van der Waals surface area contributed by atoms with Gasteiger partial charge in [-0.2, -0.15) is 0 Å². The Morgan fingerprint density at radius 2 is 1.95 bits per heavy atom. The molecule has 0 aromatic carbocycles. The monoisotopic (exact) mass is 415 g/mol. The lowest BCUT2D eigenvalue weighted by molar-refractivity contribution is -0.217. The third-order valence-electron chi connectivity index (χ3n) is 3.37. The minimum atomic E-state index is -1.50. The number of ether oxygens (including phenoxy) is 2. The summed E-state index contributed by atoms with van der Waals surface area (Å²) in [6.07, 6.45) is 6.35. The fourth-order valence-electron chi connectivity index (χ4n) is 2.47. The molecule has 2 aliphatic rings. The predicted molar refractivity (Wildman–Crippen MR) is 85.8 cm³/mol. The number of nitrogens with one attached hydrogen (secondary N) is 1. The van der Waals surface area contributed by atoms with Gasteiger partial charge in [0.15, 0.2) is 0 Å². The van der Waals surface area contributed by atoms with Crippen LogP contribution >= 0.6 is 22.6 Å². The number of esters is 2. The average Bonchev–Trinajstić information content (AvgIpc) is 2.75. The third-order valence-corrected chi connectivity index (χ3v) is 3.96. The second-order valence-electron chi connectivity index (χ2n) is 4.93. The molecule has 3 heterocycles. The Bertz CT molecular complexity index is 614. The third kappa shape index (κ3) is 3.07. The summed E-state index contributed by atoms with van der Waals surface area (Å²) in [6.45, 7) is 1.49. The largest absolute Gasteiger partial charge is 0.399 e. The molecule has 0 aliphatic carbocycles. The highest BCUT2D eigenvalue weighted by molar-refractivity contribution is 14.1. The minimum absolute atomic E-state index is 0.192. The van der Waals surface area contributed by atoms with Gasteiger partial charge in [-0.15, -0.1) is 0 Å². The van der Waals surface area contributed by atoms with Gasteiger partial charge in [-0.3, -0.25) is 9.88 Å². The van der Waals surface area contributed by atoms with Crippen LogP contribution in [-0.4, -0.2) is 42.5 Å². The van der Waals surface area contributed by atoms with E-state index in [2.05, 4.69) is 32.9 Å². The number of aromatic nitrogens is 1. The van der Waals surface area contributed by atoms with Crippen LogP contribution < -0.4 is 10.2 Å². The number of rotatable bonds is 1. The zero-order valence-corrected chi connectivity index (χ0v) is 13.8. The smallest absolute Gasteiger partial charge is 0.356 e. The predicted octanol–water partition coefficient (Wildman–Crippen LogP) is 0.796. The van der Waals surface area contributed by atoms with Crippen molar-refractivity contribution in [3.63, 3.8) is 0 Å². The Balaban J connectivity index is 2.03. The summed E-state index contributed by atoms with van der Waals surface area (Å²) < 4.78 is 11.9. The number of carbonyl (C=O) groups is 2. The average molecular weight is 415 g/mol. The van der Waals surface area contributed by atoms with E-state index in [0.29, 0.717) is 6.54 Å². The molecule has 1 saturated heterocycles. The molecule has 116 valence electrons. The number of halogens is 1. The molecule has 3 rings (SSSR count). The molecule has 0 saturated carbocycles. The van der Waals surface area contributed by atoms with Gasteiger partial charge in [0, 0.05) is 28.5 Å². The highest BCUT2D eigenvalue weighted by Gasteiger charge is 2.46. The fourth-order valence-corrected chi connectivity index (χ4v) is 2.95. The van der Waals surface area contributed by atoms with Crippen LogP contribution in [0.5, 0.6) is 0 Å². The first-order chi connectivity index (χ1) is 10.6. The highest BCUT2D eigenvalue weighted by atomic mass is 127. The van der Waals surface area contributed by atoms with Gasteiger partial charge in [0.25, 0.3) is 0 Å². The molecule has 7 nitrogen and oxygen atoms in total. The van der Waals surface area contributed by atoms with E-state index in [1.807, 2.05) is 6.07 Å². The summed E-state index contributed by atoms with van der Waals surface area (Å²) >= 11 is 2.15. The molecule has 0 amide bonds. The fraction of sp³-hybridized carbons (Fsp3) is 0.357. The zero-order chi connectivity index (χ0) is 15.6. The number of anilines is 1. The number of hydrogen-bond donors (Lipinski definition) is 1. The van der Waals surface area contributed by atoms with Crippen molar-refractivity contribution < 1.29 is 19.1 Å². The zero-order valence-electron chi connectivity index (χ0n) is 11.6. The first kappa shape index (κ1) is 15.2. The minimum Gasteiger partial charge on any atom is -0.399 e. The lowest BCUT2D eigenvalue weighted by atomic mass is 10.3. The molecule has 1 N–H and O–H groups in total. The van der Waals surface area contributed by atoms with Crippen LogP contribution in [0.25, 0.3) is 0 Å². The topological polar surface area (TPSA) is 80.8 Å². The van der Waals surface area contributed by atoms with Crippen LogP contribution in [0.3, 0.4) is 0 Å². The van der Waals surface area contributed by atoms with Crippen molar-refractivity contribution in [3.8, 4) is 0 Å². The SMILES string of the molecule is O=C1C=CC(=O)OC2(CNCCCN2c2cncc(I)c2)O1. The second kappa shape index (κ2) is 6.21. The van der Waals surface area contributed by atoms with Gasteiger partial charge in [0.2, 0.25) is 0 Å². The van der Waals surface area contributed by atoms with E-state index in [-0.39, 0.29) is 6.54 Å². The number of hydrogen-bond acceptors (Lipinski definition) is 7. The second-order valence-corrected chi connectivity index (χ2v) is 6.18. The standard InChI is InChI=1S/C14H14IN3O4/c15-10-6-11(8-17-7-10)18-5-1-4-16-9-14(18)21-12(19)2-3-13(20)22-14/h2-3,6-8,16H,1,4-5,9H2. The first-order valence-corrected chi connectivity index (χ1v) is 7.90. The number of pyridine rings is 1. The summed E-state index contributed by atoms with van der Waals surface area (Å²) in [5, 5.41) is 3.14. The van der Waals surface area contributed by atoms with E-state index < -0.39 is 17.8 Å². The van der Waals surface area contributed by atoms with Gasteiger partial charge in [0.1, 0.15) is 0 Å². The lowest BCUT2D eigenvalue weighted by Crippen LogP contribution is -2.58. The summed E-state index contributed by atoms with van der Waals surface area (Å²) in [4.78, 5) is 29.6. The molecular weight excluding hydrogens is 401 g/mol. The van der Waals surface area contributed by atoms with E-state index in [4.69, 9.17) is 9.47 Å². The normalized spacial score (nSPS) is 21.0. The molecule has 0 bridgehead atoms. The van der Waals surface area contributed by atoms with Crippen LogP contribution in [0.2, 0.25) is 0 Å². The summed E-state index contributed by atoms with van der Waals surface area (Å²) in [7, 11) is 0. The van der Waals surface area contributed by atoms with Crippen molar-refractivity contribution in [2.24, 2.45) is 0 Å². The van der Waals surface area contributed by atoms with Gasteiger partial charge in [-0.05, 0) is 41.6 Å². The summed E-state index contributed by atoms with van der Waals surface area (Å²) in [6, 6.07) is 1.90. The maximum Gasteiger partial charge on any atom is 0.356 e. The summed E-state index contributed by atoms with van der Waals surface area (Å²) in [5.74, 6) is -2.73. The Hall–Kier alpha value is -1.68. The molecule has 0 atom stereocenters. The number of nitrogens with zero attached hydrogens (tertiary/aromatic N) is 2. The molecule has 1 spiro atoms. The number of carbonyl (C=O) groups excluding carboxylic acids is 2. The molecule has 0 unspecified atom stereocenters. The van der Waals surface area contributed by atoms with Crippen molar-refractivity contribution in [2.45, 2.75) is 12.3 Å². The van der Waals surface area contributed by atoms with E-state index in [1.165, 1.54) is 0 Å². The van der Waals surface area contributed by atoms with Crippen LogP contribution in [-0.2, 0) is 19.1 Å². The maximum absolute atomic E-state index is 11.8. The quantitative estimate of drug-likeness (QED) is 0.537.